The molecule has 0 aliphatic heterocycles. The van der Waals surface area contributed by atoms with E-state index in [1.807, 2.05) is 19.9 Å². The second-order valence-corrected chi connectivity index (χ2v) is 6.70. The van der Waals surface area contributed by atoms with Crippen LogP contribution < -0.4 is 10.6 Å². The normalized spacial score (nSPS) is 11.8. The summed E-state index contributed by atoms with van der Waals surface area (Å²) in [4.78, 5) is 8.66. The van der Waals surface area contributed by atoms with Crippen LogP contribution in [0.25, 0.3) is 5.69 Å². The Labute approximate surface area is 166 Å². The molecule has 0 fully saturated rings. The molecule has 0 aliphatic rings. The van der Waals surface area contributed by atoms with E-state index in [0.29, 0.717) is 12.2 Å². The van der Waals surface area contributed by atoms with Crippen LogP contribution in [0.15, 0.2) is 35.6 Å². The van der Waals surface area contributed by atoms with Crippen LogP contribution in [0.2, 0.25) is 0 Å². The molecular formula is C18H27FIN5. The van der Waals surface area contributed by atoms with Crippen molar-refractivity contribution in [2.45, 2.75) is 46.7 Å². The number of nitrogens with one attached hydrogen (secondary N) is 2. The molecule has 0 aliphatic carbocycles. The number of guanidine groups is 1. The lowest BCUT2D eigenvalue weighted by molar-refractivity contribution is 0.501. The Kier molecular flexibility index (Phi) is 7.85. The summed E-state index contributed by atoms with van der Waals surface area (Å²) >= 11 is 0. The van der Waals surface area contributed by atoms with Crippen molar-refractivity contribution >= 4 is 29.9 Å². The van der Waals surface area contributed by atoms with E-state index in [2.05, 4.69) is 41.4 Å². The molecule has 7 heteroatoms. The van der Waals surface area contributed by atoms with Gasteiger partial charge in [0.2, 0.25) is 0 Å². The van der Waals surface area contributed by atoms with Crippen LogP contribution in [-0.4, -0.2) is 27.6 Å². The Morgan fingerprint density at radius 2 is 2.04 bits per heavy atom. The number of aryl methyl sites for hydroxylation is 1. The van der Waals surface area contributed by atoms with E-state index in [9.17, 15) is 4.39 Å². The molecule has 0 atom stereocenters. The molecule has 2 N–H and O–H groups in total. The Balaban J connectivity index is 0.00000312. The molecule has 0 spiro atoms. The van der Waals surface area contributed by atoms with Crippen LogP contribution in [0.4, 0.5) is 4.39 Å². The van der Waals surface area contributed by atoms with Crippen molar-refractivity contribution in [2.75, 3.05) is 6.54 Å². The minimum absolute atomic E-state index is 0. The quantitative estimate of drug-likeness (QED) is 0.416. The molecule has 0 saturated heterocycles. The number of benzene rings is 1. The van der Waals surface area contributed by atoms with Gasteiger partial charge in [-0.05, 0) is 52.3 Å². The first-order chi connectivity index (χ1) is 11.3. The number of rotatable bonds is 4. The number of nitrogens with zero attached hydrogens (tertiary/aromatic N) is 3. The second kappa shape index (κ2) is 9.17. The summed E-state index contributed by atoms with van der Waals surface area (Å²) in [6.45, 7) is 11.3. The number of hydrogen-bond donors (Lipinski definition) is 2. The van der Waals surface area contributed by atoms with Gasteiger partial charge in [-0.25, -0.2) is 14.4 Å². The molecule has 1 aromatic carbocycles. The number of imidazole rings is 1. The molecule has 1 aromatic heterocycles. The van der Waals surface area contributed by atoms with Gasteiger partial charge in [-0.1, -0.05) is 6.07 Å². The smallest absolute Gasteiger partial charge is 0.191 e. The summed E-state index contributed by atoms with van der Waals surface area (Å²) in [6, 6.07) is 5.18. The molecular weight excluding hydrogens is 432 g/mol. The molecule has 5 nitrogen and oxygen atoms in total. The van der Waals surface area contributed by atoms with Gasteiger partial charge in [-0.2, -0.15) is 0 Å². The maximum Gasteiger partial charge on any atom is 0.191 e. The third kappa shape index (κ3) is 6.30. The molecule has 2 rings (SSSR count). The zero-order chi connectivity index (χ0) is 17.7. The van der Waals surface area contributed by atoms with Crippen molar-refractivity contribution in [3.63, 3.8) is 0 Å². The predicted molar refractivity (Wildman–Crippen MR) is 111 cm³/mol. The molecule has 2 aromatic rings. The minimum atomic E-state index is -0.280. The van der Waals surface area contributed by atoms with Crippen molar-refractivity contribution in [3.8, 4) is 5.69 Å². The molecule has 0 radical (unpaired) electrons. The topological polar surface area (TPSA) is 54.2 Å². The standard InChI is InChI=1S/C18H26FN5.HI/c1-6-20-17(23-18(3,4)5)22-12-14-7-8-16(15(19)11-14)24-10-9-21-13(24)2;/h7-11H,6,12H2,1-5H3,(H2,20,22,23);1H. The van der Waals surface area contributed by atoms with Crippen LogP contribution in [0, 0.1) is 12.7 Å². The van der Waals surface area contributed by atoms with E-state index < -0.39 is 0 Å². The highest BCUT2D eigenvalue weighted by atomic mass is 127. The summed E-state index contributed by atoms with van der Waals surface area (Å²) in [7, 11) is 0. The van der Waals surface area contributed by atoms with Gasteiger partial charge < -0.3 is 15.2 Å². The molecule has 138 valence electrons. The predicted octanol–water partition coefficient (Wildman–Crippen LogP) is 3.79. The van der Waals surface area contributed by atoms with Gasteiger partial charge in [0.15, 0.2) is 5.96 Å². The number of hydrogen-bond acceptors (Lipinski definition) is 2. The van der Waals surface area contributed by atoms with Crippen molar-refractivity contribution in [3.05, 3.63) is 47.8 Å². The lowest BCUT2D eigenvalue weighted by Gasteiger charge is -2.23. The monoisotopic (exact) mass is 459 g/mol. The summed E-state index contributed by atoms with van der Waals surface area (Å²) in [5, 5.41) is 6.51. The Bertz CT molecular complexity index is 718. The fraction of sp³-hybridized carbons (Fsp3) is 0.444. The summed E-state index contributed by atoms with van der Waals surface area (Å²) in [6.07, 6.45) is 3.41. The van der Waals surface area contributed by atoms with Crippen LogP contribution >= 0.6 is 24.0 Å². The molecule has 25 heavy (non-hydrogen) atoms. The molecule has 0 bridgehead atoms. The highest BCUT2D eigenvalue weighted by Crippen LogP contribution is 2.17. The second-order valence-electron chi connectivity index (χ2n) is 6.70. The highest BCUT2D eigenvalue weighted by molar-refractivity contribution is 14.0. The van der Waals surface area contributed by atoms with Crippen LogP contribution in [0.5, 0.6) is 0 Å². The zero-order valence-corrected chi connectivity index (χ0v) is 17.8. The van der Waals surface area contributed by atoms with Crippen LogP contribution in [0.1, 0.15) is 39.1 Å². The van der Waals surface area contributed by atoms with Gasteiger partial charge in [-0.15, -0.1) is 24.0 Å². The largest absolute Gasteiger partial charge is 0.357 e. The summed E-state index contributed by atoms with van der Waals surface area (Å²) in [5.41, 5.74) is 1.23. The minimum Gasteiger partial charge on any atom is -0.357 e. The Morgan fingerprint density at radius 1 is 1.32 bits per heavy atom. The van der Waals surface area contributed by atoms with E-state index in [-0.39, 0.29) is 35.3 Å². The van der Waals surface area contributed by atoms with Crippen molar-refractivity contribution in [1.29, 1.82) is 0 Å². The van der Waals surface area contributed by atoms with Crippen molar-refractivity contribution < 1.29 is 4.39 Å². The highest BCUT2D eigenvalue weighted by Gasteiger charge is 2.12. The number of halogens is 2. The molecule has 0 unspecified atom stereocenters. The lowest BCUT2D eigenvalue weighted by Crippen LogP contribution is -2.47. The summed E-state index contributed by atoms with van der Waals surface area (Å²) < 4.78 is 16.1. The van der Waals surface area contributed by atoms with Crippen LogP contribution in [0.3, 0.4) is 0 Å². The third-order valence-corrected chi connectivity index (χ3v) is 3.35. The maximum absolute atomic E-state index is 14.4. The van der Waals surface area contributed by atoms with Gasteiger partial charge in [0.05, 0.1) is 12.2 Å². The first-order valence-corrected chi connectivity index (χ1v) is 8.15. The first-order valence-electron chi connectivity index (χ1n) is 8.15. The van der Waals surface area contributed by atoms with Gasteiger partial charge >= 0.3 is 0 Å². The first kappa shape index (κ1) is 21.4. The molecule has 0 amide bonds. The van der Waals surface area contributed by atoms with Crippen molar-refractivity contribution in [1.82, 2.24) is 20.2 Å². The number of aromatic nitrogens is 2. The Hall–Kier alpha value is -1.64. The zero-order valence-electron chi connectivity index (χ0n) is 15.4. The van der Waals surface area contributed by atoms with Gasteiger partial charge in [0.1, 0.15) is 11.6 Å². The maximum atomic E-state index is 14.4. The lowest BCUT2D eigenvalue weighted by atomic mass is 10.1. The van der Waals surface area contributed by atoms with E-state index >= 15 is 0 Å². The van der Waals surface area contributed by atoms with Gasteiger partial charge in [0, 0.05) is 24.5 Å². The van der Waals surface area contributed by atoms with E-state index in [0.717, 1.165) is 23.9 Å². The van der Waals surface area contributed by atoms with E-state index in [1.54, 1.807) is 23.0 Å². The summed E-state index contributed by atoms with van der Waals surface area (Å²) in [5.74, 6) is 1.20. The van der Waals surface area contributed by atoms with Crippen molar-refractivity contribution in [2.24, 2.45) is 4.99 Å². The third-order valence-electron chi connectivity index (χ3n) is 3.35. The average Bonchev–Trinajstić information content (AvgIpc) is 2.90. The number of aliphatic imine (C=N–C) groups is 1. The van der Waals surface area contributed by atoms with Gasteiger partial charge in [0.25, 0.3) is 0 Å². The van der Waals surface area contributed by atoms with Crippen LogP contribution in [-0.2, 0) is 6.54 Å². The SMILES string of the molecule is CCNC(=NCc1ccc(-n2ccnc2C)c(F)c1)NC(C)(C)C.I. The fourth-order valence-corrected chi connectivity index (χ4v) is 2.31. The fourth-order valence-electron chi connectivity index (χ4n) is 2.31. The van der Waals surface area contributed by atoms with E-state index in [4.69, 9.17) is 0 Å². The van der Waals surface area contributed by atoms with E-state index in [1.165, 1.54) is 6.07 Å². The molecule has 1 heterocycles. The average molecular weight is 459 g/mol. The Morgan fingerprint density at radius 3 is 2.56 bits per heavy atom. The molecule has 0 saturated carbocycles. The van der Waals surface area contributed by atoms with Gasteiger partial charge in [-0.3, -0.25) is 0 Å².